The van der Waals surface area contributed by atoms with E-state index in [1.54, 1.807) is 44.2 Å². The van der Waals surface area contributed by atoms with Crippen LogP contribution in [-0.2, 0) is 14.3 Å². The molecule has 0 bridgehead atoms. The lowest BCUT2D eigenvalue weighted by Crippen LogP contribution is -2.32. The minimum Gasteiger partial charge on any atom is -0.507 e. The average Bonchev–Trinajstić information content (AvgIpc) is 3.03. The summed E-state index contributed by atoms with van der Waals surface area (Å²) in [7, 11) is 3.04. The third-order valence-corrected chi connectivity index (χ3v) is 5.36. The molecule has 0 radical (unpaired) electrons. The van der Waals surface area contributed by atoms with Crippen LogP contribution in [0.3, 0.4) is 0 Å². The predicted molar refractivity (Wildman–Crippen MR) is 118 cm³/mol. The normalized spacial score (nSPS) is 17.6. The summed E-state index contributed by atoms with van der Waals surface area (Å²) in [6, 6.07) is 8.79. The molecule has 8 nitrogen and oxygen atoms in total. The van der Waals surface area contributed by atoms with Gasteiger partial charge < -0.3 is 29.3 Å². The Kier molecular flexibility index (Phi) is 7.05. The second kappa shape index (κ2) is 9.74. The lowest BCUT2D eigenvalue weighted by molar-refractivity contribution is -0.140. The number of amides is 1. The van der Waals surface area contributed by atoms with Gasteiger partial charge in [0, 0.05) is 19.2 Å². The smallest absolute Gasteiger partial charge is 0.295 e. The predicted octanol–water partition coefficient (Wildman–Crippen LogP) is 3.18. The van der Waals surface area contributed by atoms with E-state index in [4.69, 9.17) is 14.2 Å². The first kappa shape index (κ1) is 23.1. The minimum atomic E-state index is -0.869. The lowest BCUT2D eigenvalue weighted by atomic mass is 9.93. The number of benzene rings is 2. The Morgan fingerprint density at radius 3 is 2.50 bits per heavy atom. The molecule has 170 valence electrons. The Labute approximate surface area is 186 Å². The van der Waals surface area contributed by atoms with Crippen molar-refractivity contribution in [3.63, 3.8) is 0 Å². The van der Waals surface area contributed by atoms with Crippen LogP contribution in [0, 0.1) is 6.92 Å². The maximum atomic E-state index is 13.0. The fourth-order valence-corrected chi connectivity index (χ4v) is 3.79. The Balaban J connectivity index is 2.20. The number of rotatable bonds is 8. The van der Waals surface area contributed by atoms with E-state index >= 15 is 0 Å². The molecule has 0 aromatic heterocycles. The van der Waals surface area contributed by atoms with Crippen molar-refractivity contribution in [1.29, 1.82) is 0 Å². The van der Waals surface area contributed by atoms with Crippen molar-refractivity contribution in [2.24, 2.45) is 0 Å². The largest absolute Gasteiger partial charge is 0.507 e. The molecule has 0 aliphatic carbocycles. The van der Waals surface area contributed by atoms with E-state index in [1.165, 1.54) is 25.2 Å². The molecule has 1 fully saturated rings. The Bertz CT molecular complexity index is 1060. The molecular weight excluding hydrogens is 414 g/mol. The Morgan fingerprint density at radius 1 is 1.12 bits per heavy atom. The Hall–Kier alpha value is -3.52. The maximum absolute atomic E-state index is 13.0. The van der Waals surface area contributed by atoms with Gasteiger partial charge in [-0.1, -0.05) is 6.07 Å². The summed E-state index contributed by atoms with van der Waals surface area (Å²) in [6.07, 6.45) is 0. The second-order valence-corrected chi connectivity index (χ2v) is 7.33. The Morgan fingerprint density at radius 2 is 1.88 bits per heavy atom. The summed E-state index contributed by atoms with van der Waals surface area (Å²) >= 11 is 0. The van der Waals surface area contributed by atoms with E-state index in [-0.39, 0.29) is 36.0 Å². The van der Waals surface area contributed by atoms with Crippen LogP contribution in [0.1, 0.15) is 29.7 Å². The molecule has 0 spiro atoms. The molecule has 1 heterocycles. The van der Waals surface area contributed by atoms with Crippen LogP contribution in [-0.4, -0.2) is 60.8 Å². The number of ketones is 1. The third-order valence-electron chi connectivity index (χ3n) is 5.36. The lowest BCUT2D eigenvalue weighted by Gasteiger charge is -2.25. The van der Waals surface area contributed by atoms with Crippen molar-refractivity contribution in [3.05, 3.63) is 58.7 Å². The van der Waals surface area contributed by atoms with Crippen LogP contribution >= 0.6 is 0 Å². The number of hydrogen-bond donors (Lipinski definition) is 2. The number of Topliss-reactive ketones (excluding diaryl/α,β-unsaturated/α-hetero) is 1. The molecule has 32 heavy (non-hydrogen) atoms. The molecule has 1 aliphatic rings. The number of methoxy groups -OCH3 is 2. The molecule has 1 amide bonds. The zero-order valence-electron chi connectivity index (χ0n) is 18.5. The first-order valence-electron chi connectivity index (χ1n) is 10.2. The van der Waals surface area contributed by atoms with E-state index in [0.717, 1.165) is 0 Å². The van der Waals surface area contributed by atoms with Gasteiger partial charge in [-0.2, -0.15) is 0 Å². The van der Waals surface area contributed by atoms with Crippen LogP contribution in [0.2, 0.25) is 0 Å². The SMILES string of the molecule is CCOc1cc(C2/C(=C(/O)c3ccc(OC)cc3C)C(=O)C(=O)N2CCOC)ccc1O. The maximum Gasteiger partial charge on any atom is 0.295 e. The molecule has 3 rings (SSSR count). The summed E-state index contributed by atoms with van der Waals surface area (Å²) in [4.78, 5) is 27.3. The highest BCUT2D eigenvalue weighted by atomic mass is 16.5. The highest BCUT2D eigenvalue weighted by Gasteiger charge is 2.46. The molecule has 1 unspecified atom stereocenters. The number of carbonyl (C=O) groups excluding carboxylic acids is 2. The van der Waals surface area contributed by atoms with Gasteiger partial charge in [0.2, 0.25) is 0 Å². The highest BCUT2D eigenvalue weighted by Crippen LogP contribution is 2.42. The fraction of sp³-hybridized carbons (Fsp3) is 0.333. The number of likely N-dealkylation sites (tertiary alicyclic amines) is 1. The quantitative estimate of drug-likeness (QED) is 0.368. The number of phenols is 1. The van der Waals surface area contributed by atoms with E-state index < -0.39 is 17.7 Å². The van der Waals surface area contributed by atoms with Gasteiger partial charge in [0.05, 0.1) is 31.9 Å². The minimum absolute atomic E-state index is 0.0347. The van der Waals surface area contributed by atoms with Gasteiger partial charge >= 0.3 is 0 Å². The zero-order chi connectivity index (χ0) is 23.4. The van der Waals surface area contributed by atoms with Gasteiger partial charge in [0.1, 0.15) is 11.5 Å². The zero-order valence-corrected chi connectivity index (χ0v) is 18.5. The number of ether oxygens (including phenoxy) is 3. The number of phenolic OH excluding ortho intramolecular Hbond substituents is 1. The van der Waals surface area contributed by atoms with Gasteiger partial charge in [-0.05, 0) is 55.3 Å². The summed E-state index contributed by atoms with van der Waals surface area (Å²) in [5.74, 6) is -1.02. The molecule has 1 atom stereocenters. The molecule has 2 aromatic carbocycles. The number of aryl methyl sites for hydroxylation is 1. The summed E-state index contributed by atoms with van der Waals surface area (Å²) in [5.41, 5.74) is 1.59. The monoisotopic (exact) mass is 441 g/mol. The molecule has 1 aliphatic heterocycles. The van der Waals surface area contributed by atoms with Gasteiger partial charge in [-0.25, -0.2) is 0 Å². The molecule has 2 aromatic rings. The van der Waals surface area contributed by atoms with Crippen LogP contribution in [0.15, 0.2) is 42.0 Å². The molecule has 0 saturated carbocycles. The standard InChI is InChI=1S/C24H27NO7/c1-5-32-19-13-15(6-9-18(19)26)21-20(23(28)24(29)25(21)10-11-30-3)22(27)17-8-7-16(31-4)12-14(17)2/h6-9,12-13,21,26-27H,5,10-11H2,1-4H3/b22-20-. The third kappa shape index (κ3) is 4.27. The molecule has 2 N–H and O–H groups in total. The van der Waals surface area contributed by atoms with Gasteiger partial charge in [-0.15, -0.1) is 0 Å². The first-order chi connectivity index (χ1) is 15.3. The fourth-order valence-electron chi connectivity index (χ4n) is 3.79. The summed E-state index contributed by atoms with van der Waals surface area (Å²) in [6.45, 7) is 4.24. The topological polar surface area (TPSA) is 106 Å². The number of hydrogen-bond acceptors (Lipinski definition) is 7. The van der Waals surface area contributed by atoms with Crippen molar-refractivity contribution >= 4 is 17.4 Å². The van der Waals surface area contributed by atoms with E-state index in [1.807, 2.05) is 0 Å². The molecule has 1 saturated heterocycles. The number of aromatic hydroxyl groups is 1. The van der Waals surface area contributed by atoms with Crippen molar-refractivity contribution in [2.75, 3.05) is 34.0 Å². The van der Waals surface area contributed by atoms with E-state index in [0.29, 0.717) is 29.0 Å². The van der Waals surface area contributed by atoms with E-state index in [9.17, 15) is 19.8 Å². The number of aliphatic hydroxyl groups is 1. The van der Waals surface area contributed by atoms with Crippen LogP contribution in [0.25, 0.3) is 5.76 Å². The van der Waals surface area contributed by atoms with Crippen molar-refractivity contribution in [2.45, 2.75) is 19.9 Å². The van der Waals surface area contributed by atoms with Gasteiger partial charge in [0.25, 0.3) is 11.7 Å². The van der Waals surface area contributed by atoms with Crippen molar-refractivity contribution in [1.82, 2.24) is 4.90 Å². The van der Waals surface area contributed by atoms with Gasteiger partial charge in [0.15, 0.2) is 11.5 Å². The van der Waals surface area contributed by atoms with Crippen molar-refractivity contribution in [3.8, 4) is 17.2 Å². The van der Waals surface area contributed by atoms with Crippen LogP contribution < -0.4 is 9.47 Å². The molecule has 8 heteroatoms. The van der Waals surface area contributed by atoms with Crippen LogP contribution in [0.5, 0.6) is 17.2 Å². The second-order valence-electron chi connectivity index (χ2n) is 7.33. The van der Waals surface area contributed by atoms with E-state index in [2.05, 4.69) is 0 Å². The summed E-state index contributed by atoms with van der Waals surface area (Å²) in [5, 5.41) is 21.3. The number of nitrogens with zero attached hydrogens (tertiary/aromatic N) is 1. The highest BCUT2D eigenvalue weighted by molar-refractivity contribution is 6.46. The molecular formula is C24H27NO7. The van der Waals surface area contributed by atoms with Gasteiger partial charge in [-0.3, -0.25) is 9.59 Å². The van der Waals surface area contributed by atoms with Crippen LogP contribution in [0.4, 0.5) is 0 Å². The summed E-state index contributed by atoms with van der Waals surface area (Å²) < 4.78 is 15.8. The first-order valence-corrected chi connectivity index (χ1v) is 10.2. The van der Waals surface area contributed by atoms with Crippen molar-refractivity contribution < 1.29 is 34.0 Å². The number of aliphatic hydroxyl groups excluding tert-OH is 1. The average molecular weight is 441 g/mol. The number of carbonyl (C=O) groups is 2.